The van der Waals surface area contributed by atoms with Gasteiger partial charge in [-0.3, -0.25) is 4.79 Å². The molecule has 9 heteroatoms. The molecule has 0 aliphatic heterocycles. The Bertz CT molecular complexity index is 1550. The summed E-state index contributed by atoms with van der Waals surface area (Å²) in [5, 5.41) is 4.37. The number of allylic oxidation sites excluding steroid dienone is 6. The Hall–Kier alpha value is -3.30. The molecule has 0 unspecified atom stereocenters. The molecule has 0 spiro atoms. The van der Waals surface area contributed by atoms with Crippen LogP contribution in [0, 0.1) is 13.8 Å². The number of H-pyrrole nitrogens is 1. The number of aromatic amines is 1. The molecule has 182 valence electrons. The summed E-state index contributed by atoms with van der Waals surface area (Å²) in [5.41, 5.74) is 2.64. The van der Waals surface area contributed by atoms with E-state index in [0.717, 1.165) is 25.7 Å². The summed E-state index contributed by atoms with van der Waals surface area (Å²) in [7, 11) is -3.92. The van der Waals surface area contributed by atoms with Crippen LogP contribution in [-0.4, -0.2) is 24.6 Å². The highest BCUT2D eigenvalue weighted by atomic mass is 32.2. The molecule has 3 aromatic rings. The summed E-state index contributed by atoms with van der Waals surface area (Å²) in [6, 6.07) is 4.78. The molecule has 0 atom stereocenters. The van der Waals surface area contributed by atoms with Crippen LogP contribution in [-0.2, 0) is 10.0 Å². The monoisotopic (exact) mass is 495 g/mol. The van der Waals surface area contributed by atoms with E-state index in [1.54, 1.807) is 44.2 Å². The third-order valence-corrected chi connectivity index (χ3v) is 8.14. The van der Waals surface area contributed by atoms with Gasteiger partial charge in [-0.2, -0.15) is 0 Å². The topological polar surface area (TPSA) is 105 Å². The molecule has 0 bridgehead atoms. The summed E-state index contributed by atoms with van der Waals surface area (Å²) in [4.78, 5) is 16.0. The molecule has 5 rings (SSSR count). The Balaban J connectivity index is 1.75. The first-order valence-corrected chi connectivity index (χ1v) is 13.1. The van der Waals surface area contributed by atoms with Crippen molar-refractivity contribution in [3.63, 3.8) is 0 Å². The number of nitrogens with one attached hydrogen (secondary N) is 2. The quantitative estimate of drug-likeness (QED) is 0.505. The Morgan fingerprint density at radius 2 is 1.91 bits per heavy atom. The minimum Gasteiger partial charge on any atom is -0.361 e. The van der Waals surface area contributed by atoms with Gasteiger partial charge in [0.2, 0.25) is 10.0 Å². The number of sulfonamides is 1. The van der Waals surface area contributed by atoms with Crippen molar-refractivity contribution in [2.24, 2.45) is 0 Å². The largest absolute Gasteiger partial charge is 0.361 e. The van der Waals surface area contributed by atoms with Crippen molar-refractivity contribution in [1.29, 1.82) is 0 Å². The maximum Gasteiger partial charge on any atom is 0.256 e. The second-order valence-electron chi connectivity index (χ2n) is 9.09. The molecular formula is C26H26FN3O4S. The molecule has 0 saturated heterocycles. The van der Waals surface area contributed by atoms with Crippen LogP contribution in [0.2, 0.25) is 0 Å². The van der Waals surface area contributed by atoms with Crippen molar-refractivity contribution >= 4 is 26.5 Å². The van der Waals surface area contributed by atoms with Gasteiger partial charge >= 0.3 is 0 Å². The van der Waals surface area contributed by atoms with Gasteiger partial charge in [0.25, 0.3) is 5.56 Å². The number of benzene rings is 1. The number of aromatic nitrogens is 2. The number of pyridine rings is 1. The first-order valence-electron chi connectivity index (χ1n) is 11.6. The molecular weight excluding hydrogens is 469 g/mol. The molecule has 0 radical (unpaired) electrons. The third-order valence-electron chi connectivity index (χ3n) is 6.58. The molecule has 0 amide bonds. The number of aryl methyl sites for hydroxylation is 2. The predicted octanol–water partition coefficient (Wildman–Crippen LogP) is 5.22. The van der Waals surface area contributed by atoms with Crippen LogP contribution >= 0.6 is 0 Å². The Labute approximate surface area is 202 Å². The van der Waals surface area contributed by atoms with E-state index in [9.17, 15) is 17.6 Å². The van der Waals surface area contributed by atoms with Crippen molar-refractivity contribution in [2.75, 3.05) is 0 Å². The van der Waals surface area contributed by atoms with E-state index in [-0.39, 0.29) is 28.7 Å². The van der Waals surface area contributed by atoms with Crippen molar-refractivity contribution in [3.8, 4) is 11.1 Å². The molecule has 7 nitrogen and oxygen atoms in total. The minimum absolute atomic E-state index is 0.0642. The van der Waals surface area contributed by atoms with E-state index < -0.39 is 15.6 Å². The number of hydrogen-bond donors (Lipinski definition) is 2. The van der Waals surface area contributed by atoms with Crippen LogP contribution in [0.15, 0.2) is 62.5 Å². The molecule has 1 aromatic carbocycles. The van der Waals surface area contributed by atoms with Crippen LogP contribution in [0.25, 0.3) is 27.6 Å². The normalized spacial score (nSPS) is 17.0. The average Bonchev–Trinajstić information content (AvgIpc) is 3.37. The lowest BCUT2D eigenvalue weighted by Gasteiger charge is -2.16. The molecule has 1 saturated carbocycles. The first-order chi connectivity index (χ1) is 16.7. The lowest BCUT2D eigenvalue weighted by atomic mass is 10.00. The highest BCUT2D eigenvalue weighted by Gasteiger charge is 2.27. The fourth-order valence-electron chi connectivity index (χ4n) is 4.86. The second-order valence-corrected chi connectivity index (χ2v) is 10.8. The zero-order chi connectivity index (χ0) is 24.7. The highest BCUT2D eigenvalue weighted by Crippen LogP contribution is 2.34. The molecule has 1 fully saturated rings. The predicted molar refractivity (Wildman–Crippen MR) is 133 cm³/mol. The maximum atomic E-state index is 13.7. The summed E-state index contributed by atoms with van der Waals surface area (Å²) in [5.74, 6) is 0.233. The number of hydrogen-bond acceptors (Lipinski definition) is 5. The van der Waals surface area contributed by atoms with Gasteiger partial charge in [0.15, 0.2) is 0 Å². The van der Waals surface area contributed by atoms with Crippen molar-refractivity contribution in [1.82, 2.24) is 14.9 Å². The molecule has 35 heavy (non-hydrogen) atoms. The zero-order valence-corrected chi connectivity index (χ0v) is 20.3. The smallest absolute Gasteiger partial charge is 0.256 e. The Morgan fingerprint density at radius 1 is 1.14 bits per heavy atom. The summed E-state index contributed by atoms with van der Waals surface area (Å²) in [6.45, 7) is 3.54. The van der Waals surface area contributed by atoms with Gasteiger partial charge in [0, 0.05) is 29.0 Å². The van der Waals surface area contributed by atoms with E-state index in [2.05, 4.69) is 14.9 Å². The van der Waals surface area contributed by atoms with Crippen molar-refractivity contribution in [3.05, 3.63) is 75.7 Å². The maximum absolute atomic E-state index is 13.7. The van der Waals surface area contributed by atoms with Gasteiger partial charge in [0.05, 0.1) is 16.1 Å². The zero-order valence-electron chi connectivity index (χ0n) is 19.5. The number of nitrogens with zero attached hydrogens (tertiary/aromatic N) is 1. The van der Waals surface area contributed by atoms with Gasteiger partial charge in [-0.25, -0.2) is 17.5 Å². The SMILES string of the molecule is Cc1noc(C)c1-c1cc(S(=O)(=O)NC2CCCC2)c2cc(C3=CC=C(F)CC=C3)c(=O)[nH]c2c1. The molecule has 2 heterocycles. The average molecular weight is 496 g/mol. The van der Waals surface area contributed by atoms with E-state index in [1.807, 2.05) is 0 Å². The van der Waals surface area contributed by atoms with Crippen molar-refractivity contribution < 1.29 is 17.3 Å². The fraction of sp³-hybridized carbons (Fsp3) is 0.308. The van der Waals surface area contributed by atoms with Crippen LogP contribution in [0.5, 0.6) is 0 Å². The Kier molecular flexibility index (Phi) is 6.06. The Morgan fingerprint density at radius 3 is 2.63 bits per heavy atom. The van der Waals surface area contributed by atoms with Gasteiger partial charge < -0.3 is 9.51 Å². The first kappa shape index (κ1) is 23.4. The van der Waals surface area contributed by atoms with Crippen LogP contribution in [0.3, 0.4) is 0 Å². The molecule has 2 aromatic heterocycles. The summed E-state index contributed by atoms with van der Waals surface area (Å²) < 4.78 is 49.1. The van der Waals surface area contributed by atoms with Gasteiger partial charge in [0.1, 0.15) is 11.6 Å². The molecule has 2 aliphatic carbocycles. The lowest BCUT2D eigenvalue weighted by molar-refractivity contribution is 0.393. The number of fused-ring (bicyclic) bond motifs is 1. The second kappa shape index (κ2) is 9.05. The van der Waals surface area contributed by atoms with Gasteiger partial charge in [-0.1, -0.05) is 36.2 Å². The molecule has 2 aliphatic rings. The van der Waals surface area contributed by atoms with Crippen molar-refractivity contribution in [2.45, 2.75) is 56.9 Å². The summed E-state index contributed by atoms with van der Waals surface area (Å²) >= 11 is 0. The van der Waals surface area contributed by atoms with Crippen LogP contribution in [0.1, 0.15) is 49.1 Å². The standard InChI is InChI=1S/C26H26FN3O4S/c1-15-25(16(2)34-29-15)18-12-23-22(24(13-18)35(32,33)30-20-8-3-4-9-20)14-21(26(31)28-23)17-6-5-7-19(27)11-10-17/h5-6,10-14,20,30H,3-4,7-9H2,1-2H3,(H,28,31). The van der Waals surface area contributed by atoms with E-state index in [0.29, 0.717) is 39.1 Å². The van der Waals surface area contributed by atoms with E-state index in [4.69, 9.17) is 4.52 Å². The number of rotatable bonds is 5. The minimum atomic E-state index is -3.92. The van der Waals surface area contributed by atoms with E-state index >= 15 is 0 Å². The van der Waals surface area contributed by atoms with Crippen LogP contribution in [0.4, 0.5) is 4.39 Å². The lowest BCUT2D eigenvalue weighted by Crippen LogP contribution is -2.33. The van der Waals surface area contributed by atoms with E-state index in [1.165, 1.54) is 12.2 Å². The molecule has 2 N–H and O–H groups in total. The van der Waals surface area contributed by atoms with Gasteiger partial charge in [-0.15, -0.1) is 0 Å². The summed E-state index contributed by atoms with van der Waals surface area (Å²) in [6.07, 6.45) is 9.83. The number of halogens is 1. The van der Waals surface area contributed by atoms with Gasteiger partial charge in [-0.05, 0) is 62.1 Å². The fourth-order valence-corrected chi connectivity index (χ4v) is 6.41. The van der Waals surface area contributed by atoms with Crippen LogP contribution < -0.4 is 10.3 Å². The highest BCUT2D eigenvalue weighted by molar-refractivity contribution is 7.89. The third kappa shape index (κ3) is 4.53.